The Bertz CT molecular complexity index is 211. The van der Waals surface area contributed by atoms with Crippen molar-refractivity contribution in [2.24, 2.45) is 0 Å². The number of unbranched alkanes of at least 4 members (excludes halogenated alkanes) is 1. The van der Waals surface area contributed by atoms with Crippen LogP contribution in [0.2, 0.25) is 0 Å². The van der Waals surface area contributed by atoms with Crippen molar-refractivity contribution in [3.8, 4) is 0 Å². The SMILES string of the molecule is C=C(C)C(=O)NC(=O)OCCCC. The predicted molar refractivity (Wildman–Crippen MR) is 49.2 cm³/mol. The van der Waals surface area contributed by atoms with Crippen LogP contribution in [0.1, 0.15) is 26.7 Å². The largest absolute Gasteiger partial charge is 0.449 e. The van der Waals surface area contributed by atoms with Crippen LogP contribution in [0.5, 0.6) is 0 Å². The van der Waals surface area contributed by atoms with E-state index in [1.54, 1.807) is 0 Å². The van der Waals surface area contributed by atoms with E-state index >= 15 is 0 Å². The first-order chi connectivity index (χ1) is 6.07. The summed E-state index contributed by atoms with van der Waals surface area (Å²) in [5.74, 6) is -0.499. The minimum absolute atomic E-state index is 0.285. The zero-order valence-electron chi connectivity index (χ0n) is 8.05. The quantitative estimate of drug-likeness (QED) is 0.534. The van der Waals surface area contributed by atoms with Crippen LogP contribution in [-0.2, 0) is 9.53 Å². The average molecular weight is 185 g/mol. The van der Waals surface area contributed by atoms with Gasteiger partial charge in [-0.05, 0) is 13.3 Å². The van der Waals surface area contributed by atoms with Gasteiger partial charge in [0.15, 0.2) is 0 Å². The van der Waals surface area contributed by atoms with Gasteiger partial charge in [0.25, 0.3) is 5.91 Å². The molecule has 0 saturated heterocycles. The Morgan fingerprint density at radius 3 is 2.54 bits per heavy atom. The number of hydrogen-bond acceptors (Lipinski definition) is 3. The second kappa shape index (κ2) is 6.22. The second-order valence-electron chi connectivity index (χ2n) is 2.72. The van der Waals surface area contributed by atoms with Crippen LogP contribution in [0.4, 0.5) is 4.79 Å². The standard InChI is InChI=1S/C9H15NO3/c1-4-5-6-13-9(12)10-8(11)7(2)3/h2,4-6H2,1,3H3,(H,10,11,12). The van der Waals surface area contributed by atoms with E-state index in [4.69, 9.17) is 4.74 Å². The highest BCUT2D eigenvalue weighted by molar-refractivity contribution is 6.01. The maximum atomic E-state index is 10.9. The van der Waals surface area contributed by atoms with Crippen LogP contribution in [0.25, 0.3) is 0 Å². The van der Waals surface area contributed by atoms with E-state index in [0.717, 1.165) is 12.8 Å². The highest BCUT2D eigenvalue weighted by atomic mass is 16.5. The molecule has 0 aliphatic rings. The van der Waals surface area contributed by atoms with E-state index in [9.17, 15) is 9.59 Å². The Balaban J connectivity index is 3.62. The molecule has 0 aliphatic carbocycles. The number of alkyl carbamates (subject to hydrolysis) is 1. The summed E-state index contributed by atoms with van der Waals surface area (Å²) in [5.41, 5.74) is 0.285. The van der Waals surface area contributed by atoms with Gasteiger partial charge >= 0.3 is 6.09 Å². The van der Waals surface area contributed by atoms with Gasteiger partial charge in [0.2, 0.25) is 0 Å². The van der Waals surface area contributed by atoms with Gasteiger partial charge in [-0.3, -0.25) is 10.1 Å². The van der Waals surface area contributed by atoms with Gasteiger partial charge in [0, 0.05) is 5.57 Å². The monoisotopic (exact) mass is 185 g/mol. The maximum absolute atomic E-state index is 10.9. The lowest BCUT2D eigenvalue weighted by Crippen LogP contribution is -2.31. The summed E-state index contributed by atoms with van der Waals surface area (Å²) < 4.78 is 4.69. The van der Waals surface area contributed by atoms with E-state index in [2.05, 4.69) is 6.58 Å². The van der Waals surface area contributed by atoms with Crippen molar-refractivity contribution in [2.45, 2.75) is 26.7 Å². The number of nitrogens with one attached hydrogen (secondary N) is 1. The molecule has 74 valence electrons. The summed E-state index contributed by atoms with van der Waals surface area (Å²) in [7, 11) is 0. The smallest absolute Gasteiger partial charge is 0.414 e. The number of amides is 2. The fourth-order valence-electron chi connectivity index (χ4n) is 0.545. The highest BCUT2D eigenvalue weighted by Crippen LogP contribution is 1.90. The Kier molecular flexibility index (Phi) is 5.59. The van der Waals surface area contributed by atoms with Crippen LogP contribution >= 0.6 is 0 Å². The normalized spacial score (nSPS) is 9.08. The molecule has 0 radical (unpaired) electrons. The fraction of sp³-hybridized carbons (Fsp3) is 0.556. The molecule has 4 heteroatoms. The second-order valence-corrected chi connectivity index (χ2v) is 2.72. The van der Waals surface area contributed by atoms with Crippen molar-refractivity contribution in [2.75, 3.05) is 6.61 Å². The number of carbonyl (C=O) groups excluding carboxylic acids is 2. The first kappa shape index (κ1) is 11.7. The predicted octanol–water partition coefficient (Wildman–Crippen LogP) is 1.62. The van der Waals surface area contributed by atoms with Crippen molar-refractivity contribution in [1.82, 2.24) is 5.32 Å². The molecule has 4 nitrogen and oxygen atoms in total. The summed E-state index contributed by atoms with van der Waals surface area (Å²) in [5, 5.41) is 2.04. The lowest BCUT2D eigenvalue weighted by molar-refractivity contribution is -0.116. The summed E-state index contributed by atoms with van der Waals surface area (Å²) in [4.78, 5) is 21.7. The van der Waals surface area contributed by atoms with Crippen molar-refractivity contribution < 1.29 is 14.3 Å². The molecule has 0 heterocycles. The number of ether oxygens (including phenoxy) is 1. The molecule has 13 heavy (non-hydrogen) atoms. The first-order valence-corrected chi connectivity index (χ1v) is 4.21. The van der Waals surface area contributed by atoms with E-state index in [-0.39, 0.29) is 5.57 Å². The molecule has 2 amide bonds. The molecular formula is C9H15NO3. The molecule has 0 aromatic rings. The number of hydrogen-bond donors (Lipinski definition) is 1. The maximum Gasteiger partial charge on any atom is 0.414 e. The third-order valence-corrected chi connectivity index (χ3v) is 1.33. The molecule has 0 aromatic heterocycles. The summed E-state index contributed by atoms with van der Waals surface area (Å²) in [6.45, 7) is 7.23. The van der Waals surface area contributed by atoms with Crippen LogP contribution in [0.3, 0.4) is 0 Å². The molecular weight excluding hydrogens is 170 g/mol. The minimum Gasteiger partial charge on any atom is -0.449 e. The van der Waals surface area contributed by atoms with Crippen LogP contribution < -0.4 is 5.32 Å². The Labute approximate surface area is 78.0 Å². The van der Waals surface area contributed by atoms with E-state index < -0.39 is 12.0 Å². The van der Waals surface area contributed by atoms with Crippen molar-refractivity contribution >= 4 is 12.0 Å². The molecule has 1 N–H and O–H groups in total. The van der Waals surface area contributed by atoms with Crippen molar-refractivity contribution in [3.05, 3.63) is 12.2 Å². The first-order valence-electron chi connectivity index (χ1n) is 4.21. The Morgan fingerprint density at radius 2 is 2.08 bits per heavy atom. The van der Waals surface area contributed by atoms with Gasteiger partial charge in [-0.1, -0.05) is 19.9 Å². The van der Waals surface area contributed by atoms with Crippen LogP contribution in [0.15, 0.2) is 12.2 Å². The Morgan fingerprint density at radius 1 is 1.46 bits per heavy atom. The van der Waals surface area contributed by atoms with Gasteiger partial charge in [0.1, 0.15) is 0 Å². The van der Waals surface area contributed by atoms with Crippen molar-refractivity contribution in [3.63, 3.8) is 0 Å². The lowest BCUT2D eigenvalue weighted by atomic mass is 10.3. The summed E-state index contributed by atoms with van der Waals surface area (Å²) in [6, 6.07) is 0. The van der Waals surface area contributed by atoms with Gasteiger partial charge in [-0.25, -0.2) is 4.79 Å². The number of imide groups is 1. The molecule has 0 fully saturated rings. The van der Waals surface area contributed by atoms with Gasteiger partial charge in [-0.15, -0.1) is 0 Å². The molecule has 0 unspecified atom stereocenters. The highest BCUT2D eigenvalue weighted by Gasteiger charge is 2.07. The van der Waals surface area contributed by atoms with E-state index in [0.29, 0.717) is 6.61 Å². The third-order valence-electron chi connectivity index (χ3n) is 1.33. The lowest BCUT2D eigenvalue weighted by Gasteiger charge is -2.04. The Hall–Kier alpha value is -1.32. The number of rotatable bonds is 4. The fourth-order valence-corrected chi connectivity index (χ4v) is 0.545. The zero-order valence-corrected chi connectivity index (χ0v) is 8.05. The summed E-state index contributed by atoms with van der Waals surface area (Å²) in [6.07, 6.45) is 1.04. The molecule has 0 saturated carbocycles. The average Bonchev–Trinajstić information content (AvgIpc) is 2.04. The van der Waals surface area contributed by atoms with Crippen LogP contribution in [-0.4, -0.2) is 18.6 Å². The molecule has 0 aromatic carbocycles. The topological polar surface area (TPSA) is 55.4 Å². The molecule has 0 atom stereocenters. The molecule has 0 spiro atoms. The van der Waals surface area contributed by atoms with Crippen LogP contribution in [0, 0.1) is 0 Å². The minimum atomic E-state index is -0.707. The molecule has 0 aliphatic heterocycles. The van der Waals surface area contributed by atoms with Crippen molar-refractivity contribution in [1.29, 1.82) is 0 Å². The van der Waals surface area contributed by atoms with Gasteiger partial charge in [0.05, 0.1) is 6.61 Å². The third kappa shape index (κ3) is 5.90. The number of carbonyl (C=O) groups is 2. The summed E-state index contributed by atoms with van der Waals surface area (Å²) >= 11 is 0. The molecule has 0 bridgehead atoms. The molecule has 0 rings (SSSR count). The zero-order chi connectivity index (χ0) is 10.3. The van der Waals surface area contributed by atoms with Gasteiger partial charge < -0.3 is 4.74 Å². The van der Waals surface area contributed by atoms with E-state index in [1.165, 1.54) is 6.92 Å². The van der Waals surface area contributed by atoms with E-state index in [1.807, 2.05) is 12.2 Å². The van der Waals surface area contributed by atoms with Gasteiger partial charge in [-0.2, -0.15) is 0 Å².